The van der Waals surface area contributed by atoms with Crippen LogP contribution in [0.3, 0.4) is 0 Å². The molecule has 0 unspecified atom stereocenters. The molecule has 118 valence electrons. The summed E-state index contributed by atoms with van der Waals surface area (Å²) in [5.41, 5.74) is 2.03. The summed E-state index contributed by atoms with van der Waals surface area (Å²) < 4.78 is 0. The molecule has 3 heteroatoms. The van der Waals surface area contributed by atoms with E-state index in [0.717, 1.165) is 25.7 Å². The molecular formula is C20H20O3. The molecule has 0 radical (unpaired) electrons. The van der Waals surface area contributed by atoms with Crippen molar-refractivity contribution in [2.24, 2.45) is 0 Å². The summed E-state index contributed by atoms with van der Waals surface area (Å²) >= 11 is 0. The third kappa shape index (κ3) is 3.04. The highest BCUT2D eigenvalue weighted by Crippen LogP contribution is 2.41. The molecule has 0 aliphatic heterocycles. The molecule has 0 heterocycles. The van der Waals surface area contributed by atoms with E-state index < -0.39 is 0 Å². The van der Waals surface area contributed by atoms with E-state index in [2.05, 4.69) is 0 Å². The number of aldehydes is 1. The van der Waals surface area contributed by atoms with E-state index in [0.29, 0.717) is 23.0 Å². The van der Waals surface area contributed by atoms with Gasteiger partial charge in [0.05, 0.1) is 5.56 Å². The molecule has 23 heavy (non-hydrogen) atoms. The Morgan fingerprint density at radius 3 is 2.35 bits per heavy atom. The molecule has 0 aromatic heterocycles. The Balaban J connectivity index is 2.10. The minimum Gasteiger partial charge on any atom is -0.507 e. The molecule has 0 spiro atoms. The summed E-state index contributed by atoms with van der Waals surface area (Å²) in [4.78, 5) is 24.0. The van der Waals surface area contributed by atoms with Crippen molar-refractivity contribution in [1.82, 2.24) is 0 Å². The lowest BCUT2D eigenvalue weighted by molar-refractivity contribution is 0.103. The Kier molecular flexibility index (Phi) is 4.56. The maximum absolute atomic E-state index is 12.9. The average molecular weight is 308 g/mol. The molecule has 1 saturated carbocycles. The molecule has 1 aliphatic rings. The highest BCUT2D eigenvalue weighted by molar-refractivity contribution is 6.10. The van der Waals surface area contributed by atoms with Gasteiger partial charge in [-0.1, -0.05) is 49.6 Å². The zero-order valence-electron chi connectivity index (χ0n) is 13.0. The number of phenols is 1. The second-order valence-corrected chi connectivity index (χ2v) is 6.11. The van der Waals surface area contributed by atoms with Crippen molar-refractivity contribution in [2.45, 2.75) is 38.0 Å². The zero-order chi connectivity index (χ0) is 16.2. The number of aromatic hydroxyl groups is 1. The number of rotatable bonds is 4. The van der Waals surface area contributed by atoms with E-state index in [1.807, 2.05) is 18.2 Å². The van der Waals surface area contributed by atoms with Gasteiger partial charge in [-0.2, -0.15) is 0 Å². The van der Waals surface area contributed by atoms with Gasteiger partial charge < -0.3 is 5.11 Å². The van der Waals surface area contributed by atoms with Crippen LogP contribution in [-0.2, 0) is 0 Å². The molecule has 3 rings (SSSR count). The second-order valence-electron chi connectivity index (χ2n) is 6.11. The minimum absolute atomic E-state index is 0.0197. The Labute approximate surface area is 136 Å². The molecule has 0 atom stereocenters. The van der Waals surface area contributed by atoms with Crippen molar-refractivity contribution in [3.8, 4) is 5.75 Å². The molecule has 1 N–H and O–H groups in total. The number of hydrogen-bond acceptors (Lipinski definition) is 3. The minimum atomic E-state index is -0.0982. The fraction of sp³-hybridized carbons (Fsp3) is 0.300. The molecule has 0 bridgehead atoms. The fourth-order valence-electron chi connectivity index (χ4n) is 3.47. The summed E-state index contributed by atoms with van der Waals surface area (Å²) in [5, 5.41) is 10.5. The van der Waals surface area contributed by atoms with Gasteiger partial charge >= 0.3 is 0 Å². The first kappa shape index (κ1) is 15.5. The van der Waals surface area contributed by atoms with Crippen LogP contribution in [0.25, 0.3) is 0 Å². The molecule has 0 amide bonds. The summed E-state index contributed by atoms with van der Waals surface area (Å²) in [7, 11) is 0. The topological polar surface area (TPSA) is 54.4 Å². The smallest absolute Gasteiger partial charge is 0.193 e. The van der Waals surface area contributed by atoms with Gasteiger partial charge in [-0.3, -0.25) is 9.59 Å². The van der Waals surface area contributed by atoms with Gasteiger partial charge in [0.15, 0.2) is 12.1 Å². The van der Waals surface area contributed by atoms with Gasteiger partial charge in [0, 0.05) is 16.7 Å². The molecule has 2 aromatic carbocycles. The predicted octanol–water partition coefficient (Wildman–Crippen LogP) is 4.48. The standard InChI is InChI=1S/C20H20O3/c21-13-16-11-12-17(19(22)15-9-5-2-6-10-15)18(20(16)23)14-7-3-1-4-8-14/h2,5-6,9-14,23H,1,3-4,7-8H2. The van der Waals surface area contributed by atoms with Gasteiger partial charge in [-0.25, -0.2) is 0 Å². The molecular weight excluding hydrogens is 288 g/mol. The zero-order valence-corrected chi connectivity index (χ0v) is 13.0. The van der Waals surface area contributed by atoms with Crippen molar-refractivity contribution in [1.29, 1.82) is 0 Å². The monoisotopic (exact) mass is 308 g/mol. The van der Waals surface area contributed by atoms with Crippen molar-refractivity contribution in [2.75, 3.05) is 0 Å². The third-order valence-electron chi connectivity index (χ3n) is 4.67. The van der Waals surface area contributed by atoms with Crippen LogP contribution in [0, 0.1) is 0 Å². The Morgan fingerprint density at radius 1 is 1.00 bits per heavy atom. The van der Waals surface area contributed by atoms with Crippen LogP contribution >= 0.6 is 0 Å². The quantitative estimate of drug-likeness (QED) is 0.669. The third-order valence-corrected chi connectivity index (χ3v) is 4.67. The van der Waals surface area contributed by atoms with Crippen LogP contribution in [0.15, 0.2) is 42.5 Å². The van der Waals surface area contributed by atoms with Crippen LogP contribution in [0.4, 0.5) is 0 Å². The van der Waals surface area contributed by atoms with Crippen molar-refractivity contribution in [3.05, 3.63) is 64.7 Å². The van der Waals surface area contributed by atoms with Gasteiger partial charge in [0.1, 0.15) is 5.75 Å². The van der Waals surface area contributed by atoms with Crippen LogP contribution < -0.4 is 0 Å². The number of ketones is 1. The van der Waals surface area contributed by atoms with Gasteiger partial charge in [0.25, 0.3) is 0 Å². The number of carbonyl (C=O) groups is 2. The van der Waals surface area contributed by atoms with Gasteiger partial charge in [-0.05, 0) is 30.9 Å². The first-order chi connectivity index (χ1) is 11.2. The highest BCUT2D eigenvalue weighted by atomic mass is 16.3. The van der Waals surface area contributed by atoms with Crippen LogP contribution in [0.1, 0.15) is 69.9 Å². The second kappa shape index (κ2) is 6.78. The van der Waals surface area contributed by atoms with Gasteiger partial charge in [-0.15, -0.1) is 0 Å². The highest BCUT2D eigenvalue weighted by Gasteiger charge is 2.26. The molecule has 1 aliphatic carbocycles. The van der Waals surface area contributed by atoms with E-state index in [1.54, 1.807) is 18.2 Å². The summed E-state index contributed by atoms with van der Waals surface area (Å²) in [5.74, 6) is 0.0268. The van der Waals surface area contributed by atoms with Crippen LogP contribution in [0.5, 0.6) is 5.75 Å². The average Bonchev–Trinajstić information content (AvgIpc) is 2.62. The maximum atomic E-state index is 12.9. The first-order valence-electron chi connectivity index (χ1n) is 8.13. The van der Waals surface area contributed by atoms with Crippen LogP contribution in [-0.4, -0.2) is 17.2 Å². The predicted molar refractivity (Wildman–Crippen MR) is 89.2 cm³/mol. The Hall–Kier alpha value is -2.42. The van der Waals surface area contributed by atoms with E-state index in [1.165, 1.54) is 12.5 Å². The van der Waals surface area contributed by atoms with E-state index in [-0.39, 0.29) is 23.0 Å². The lowest BCUT2D eigenvalue weighted by atomic mass is 9.79. The summed E-state index contributed by atoms with van der Waals surface area (Å²) in [6.45, 7) is 0. The maximum Gasteiger partial charge on any atom is 0.193 e. The molecule has 2 aromatic rings. The molecule has 3 nitrogen and oxygen atoms in total. The lowest BCUT2D eigenvalue weighted by Gasteiger charge is -2.25. The number of hydrogen-bond donors (Lipinski definition) is 1. The number of benzene rings is 2. The normalized spacial score (nSPS) is 15.3. The number of carbonyl (C=O) groups excluding carboxylic acids is 2. The molecule has 1 fully saturated rings. The summed E-state index contributed by atoms with van der Waals surface area (Å²) in [6.07, 6.45) is 5.92. The Bertz CT molecular complexity index is 713. The van der Waals surface area contributed by atoms with Crippen molar-refractivity contribution in [3.63, 3.8) is 0 Å². The van der Waals surface area contributed by atoms with Crippen LogP contribution in [0.2, 0.25) is 0 Å². The van der Waals surface area contributed by atoms with E-state index >= 15 is 0 Å². The Morgan fingerprint density at radius 2 is 1.70 bits per heavy atom. The van der Waals surface area contributed by atoms with Crippen molar-refractivity contribution < 1.29 is 14.7 Å². The van der Waals surface area contributed by atoms with Crippen molar-refractivity contribution >= 4 is 12.1 Å². The lowest BCUT2D eigenvalue weighted by Crippen LogP contribution is -2.13. The first-order valence-corrected chi connectivity index (χ1v) is 8.13. The van der Waals surface area contributed by atoms with E-state index in [4.69, 9.17) is 0 Å². The number of phenolic OH excluding ortho intramolecular Hbond substituents is 1. The van der Waals surface area contributed by atoms with E-state index in [9.17, 15) is 14.7 Å². The van der Waals surface area contributed by atoms with Gasteiger partial charge in [0.2, 0.25) is 0 Å². The molecule has 0 saturated heterocycles. The SMILES string of the molecule is O=Cc1ccc(C(=O)c2ccccc2)c(C2CCCCC2)c1O. The summed E-state index contributed by atoms with van der Waals surface area (Å²) in [6, 6.07) is 12.3. The fourth-order valence-corrected chi connectivity index (χ4v) is 3.47. The largest absolute Gasteiger partial charge is 0.507 e.